The number of unbranched alkanes of at least 4 members (excludes halogenated alkanes) is 2. The van der Waals surface area contributed by atoms with E-state index in [1.807, 2.05) is 36.4 Å². The fourth-order valence-electron chi connectivity index (χ4n) is 3.75. The topological polar surface area (TPSA) is 32.7 Å². The lowest BCUT2D eigenvalue weighted by Crippen LogP contribution is -2.30. The minimum Gasteiger partial charge on any atom is -0.456 e. The molecule has 0 saturated carbocycles. The van der Waals surface area contributed by atoms with Gasteiger partial charge in [-0.3, -0.25) is 0 Å². The quantitative estimate of drug-likeness (QED) is 0.265. The van der Waals surface area contributed by atoms with Gasteiger partial charge in [0.1, 0.15) is 11.5 Å². The molecular formula is C26H30BrCl2NO2. The first kappa shape index (κ1) is 25.3. The van der Waals surface area contributed by atoms with E-state index in [-0.39, 0.29) is 0 Å². The van der Waals surface area contributed by atoms with Gasteiger partial charge in [-0.25, -0.2) is 0 Å². The number of aliphatic hydroxyl groups is 1. The third-order valence-electron chi connectivity index (χ3n) is 5.52. The van der Waals surface area contributed by atoms with Gasteiger partial charge in [0.25, 0.3) is 0 Å². The van der Waals surface area contributed by atoms with Crippen LogP contribution in [0.3, 0.4) is 0 Å². The van der Waals surface area contributed by atoms with Gasteiger partial charge in [-0.05, 0) is 95.3 Å². The van der Waals surface area contributed by atoms with Crippen LogP contribution in [0, 0.1) is 0 Å². The number of hydrogen-bond donors (Lipinski definition) is 1. The van der Waals surface area contributed by atoms with Crippen LogP contribution in [0.4, 0.5) is 0 Å². The number of benzene rings is 3. The molecule has 0 fully saturated rings. The van der Waals surface area contributed by atoms with E-state index in [2.05, 4.69) is 34.7 Å². The van der Waals surface area contributed by atoms with E-state index in [1.165, 1.54) is 0 Å². The average Bonchev–Trinajstić information content (AvgIpc) is 2.79. The summed E-state index contributed by atoms with van der Waals surface area (Å²) in [7, 11) is 0. The normalized spacial score (nSPS) is 12.5. The van der Waals surface area contributed by atoms with Crippen molar-refractivity contribution in [2.45, 2.75) is 45.6 Å². The van der Waals surface area contributed by atoms with Gasteiger partial charge < -0.3 is 14.7 Å². The van der Waals surface area contributed by atoms with Crippen LogP contribution < -0.4 is 4.74 Å². The van der Waals surface area contributed by atoms with Crippen LogP contribution in [0.5, 0.6) is 11.5 Å². The molecule has 1 N–H and O–H groups in total. The lowest BCUT2D eigenvalue weighted by molar-refractivity contribution is 0.112. The Morgan fingerprint density at radius 1 is 0.906 bits per heavy atom. The Labute approximate surface area is 209 Å². The molecule has 0 heterocycles. The van der Waals surface area contributed by atoms with Crippen molar-refractivity contribution in [2.24, 2.45) is 0 Å². The van der Waals surface area contributed by atoms with Gasteiger partial charge in [-0.1, -0.05) is 56.0 Å². The Morgan fingerprint density at radius 3 is 2.16 bits per heavy atom. The summed E-state index contributed by atoms with van der Waals surface area (Å²) in [6, 6.07) is 14.9. The molecule has 0 saturated heterocycles. The Hall–Kier alpha value is -1.30. The number of halogens is 3. The first-order valence-corrected chi connectivity index (χ1v) is 12.7. The molecule has 3 nitrogen and oxygen atoms in total. The molecule has 0 radical (unpaired) electrons. The molecule has 32 heavy (non-hydrogen) atoms. The van der Waals surface area contributed by atoms with Gasteiger partial charge in [0.15, 0.2) is 0 Å². The van der Waals surface area contributed by atoms with Crippen LogP contribution in [0.15, 0.2) is 53.0 Å². The lowest BCUT2D eigenvalue weighted by atomic mass is 9.99. The van der Waals surface area contributed by atoms with Gasteiger partial charge in [-0.2, -0.15) is 0 Å². The minimum atomic E-state index is -0.645. The molecule has 0 aliphatic heterocycles. The Bertz CT molecular complexity index is 1020. The van der Waals surface area contributed by atoms with Crippen LogP contribution in [0.25, 0.3) is 10.8 Å². The summed E-state index contributed by atoms with van der Waals surface area (Å²) in [6.45, 7) is 6.95. The zero-order chi connectivity index (χ0) is 23.1. The zero-order valence-corrected chi connectivity index (χ0v) is 21.7. The van der Waals surface area contributed by atoms with E-state index in [4.69, 9.17) is 27.9 Å². The van der Waals surface area contributed by atoms with Gasteiger partial charge >= 0.3 is 0 Å². The fraction of sp³-hybridized carbons (Fsp3) is 0.385. The molecule has 6 heteroatoms. The third kappa shape index (κ3) is 6.61. The first-order chi connectivity index (χ1) is 15.4. The number of rotatable bonds is 11. The van der Waals surface area contributed by atoms with E-state index in [1.54, 1.807) is 12.1 Å². The van der Waals surface area contributed by atoms with Crippen molar-refractivity contribution in [1.82, 2.24) is 4.90 Å². The van der Waals surface area contributed by atoms with E-state index in [9.17, 15) is 5.11 Å². The van der Waals surface area contributed by atoms with Crippen molar-refractivity contribution < 1.29 is 9.84 Å². The number of ether oxygens (including phenoxy) is 1. The summed E-state index contributed by atoms with van der Waals surface area (Å²) in [5.41, 5.74) is 0.835. The predicted octanol–water partition coefficient (Wildman–Crippen LogP) is 8.64. The Morgan fingerprint density at radius 2 is 1.53 bits per heavy atom. The summed E-state index contributed by atoms with van der Waals surface area (Å²) < 4.78 is 6.97. The third-order valence-corrected chi connectivity index (χ3v) is 6.82. The van der Waals surface area contributed by atoms with Crippen molar-refractivity contribution in [2.75, 3.05) is 19.6 Å². The van der Waals surface area contributed by atoms with Crippen LogP contribution in [0.1, 0.15) is 51.2 Å². The maximum absolute atomic E-state index is 11.3. The average molecular weight is 539 g/mol. The fourth-order valence-corrected chi connectivity index (χ4v) is 4.57. The molecule has 0 aromatic heterocycles. The molecule has 3 aromatic carbocycles. The van der Waals surface area contributed by atoms with Gasteiger partial charge in [0.2, 0.25) is 0 Å². The standard InChI is InChI=1S/C26H30BrCl2NO2/c1-3-5-13-30(14-6-4-2)17-24(31)22-16-25(32-20-10-7-18(28)8-11-20)26(27)23-15-19(29)9-12-21(22)23/h7-12,15-16,24,31H,3-6,13-14,17H2,1-2H3. The molecule has 3 rings (SSSR count). The van der Waals surface area contributed by atoms with Crippen molar-refractivity contribution in [3.05, 3.63) is 68.6 Å². The molecule has 0 spiro atoms. The van der Waals surface area contributed by atoms with Crippen molar-refractivity contribution in [3.63, 3.8) is 0 Å². The summed E-state index contributed by atoms with van der Waals surface area (Å²) in [5, 5.41) is 14.5. The molecule has 0 aliphatic carbocycles. The molecule has 0 amide bonds. The number of nitrogens with zero attached hydrogens (tertiary/aromatic N) is 1. The molecule has 0 bridgehead atoms. The first-order valence-electron chi connectivity index (χ1n) is 11.2. The predicted molar refractivity (Wildman–Crippen MR) is 139 cm³/mol. The highest BCUT2D eigenvalue weighted by Crippen LogP contribution is 2.41. The molecule has 172 valence electrons. The van der Waals surface area contributed by atoms with Gasteiger partial charge in [0, 0.05) is 22.0 Å². The van der Waals surface area contributed by atoms with Crippen LogP contribution in [-0.2, 0) is 0 Å². The molecule has 1 atom stereocenters. The maximum Gasteiger partial charge on any atom is 0.142 e. The highest BCUT2D eigenvalue weighted by atomic mass is 79.9. The SMILES string of the molecule is CCCCN(CCCC)CC(O)c1cc(Oc2ccc(Cl)cc2)c(Br)c2cc(Cl)ccc12. The summed E-state index contributed by atoms with van der Waals surface area (Å²) in [4.78, 5) is 2.36. The molecule has 0 aliphatic rings. The maximum atomic E-state index is 11.3. The van der Waals surface area contributed by atoms with E-state index in [0.29, 0.717) is 28.1 Å². The smallest absolute Gasteiger partial charge is 0.142 e. The van der Waals surface area contributed by atoms with Crippen molar-refractivity contribution in [3.8, 4) is 11.5 Å². The number of hydrogen-bond acceptors (Lipinski definition) is 3. The van der Waals surface area contributed by atoms with Crippen molar-refractivity contribution in [1.29, 1.82) is 0 Å². The van der Waals surface area contributed by atoms with Crippen molar-refractivity contribution >= 4 is 49.9 Å². The van der Waals surface area contributed by atoms with E-state index in [0.717, 1.165) is 59.6 Å². The monoisotopic (exact) mass is 537 g/mol. The summed E-state index contributed by atoms with van der Waals surface area (Å²) in [5.74, 6) is 1.30. The van der Waals surface area contributed by atoms with Gasteiger partial charge in [0.05, 0.1) is 10.6 Å². The second-order valence-corrected chi connectivity index (χ2v) is 9.71. The largest absolute Gasteiger partial charge is 0.456 e. The molecule has 3 aromatic rings. The van der Waals surface area contributed by atoms with Crippen LogP contribution in [-0.4, -0.2) is 29.6 Å². The van der Waals surface area contributed by atoms with E-state index >= 15 is 0 Å². The minimum absolute atomic E-state index is 0.583. The highest BCUT2D eigenvalue weighted by molar-refractivity contribution is 9.10. The van der Waals surface area contributed by atoms with E-state index < -0.39 is 6.10 Å². The van der Waals surface area contributed by atoms with Crippen LogP contribution >= 0.6 is 39.1 Å². The zero-order valence-electron chi connectivity index (χ0n) is 18.6. The second-order valence-electron chi connectivity index (χ2n) is 8.05. The summed E-state index contributed by atoms with van der Waals surface area (Å²) in [6.07, 6.45) is 3.87. The number of fused-ring (bicyclic) bond motifs is 1. The highest BCUT2D eigenvalue weighted by Gasteiger charge is 2.20. The summed E-state index contributed by atoms with van der Waals surface area (Å²) >= 11 is 16.0. The Balaban J connectivity index is 1.98. The lowest BCUT2D eigenvalue weighted by Gasteiger charge is -2.26. The second kappa shape index (κ2) is 12.2. The number of aliphatic hydroxyl groups excluding tert-OH is 1. The molecule has 1 unspecified atom stereocenters. The van der Waals surface area contributed by atoms with Crippen LogP contribution in [0.2, 0.25) is 10.0 Å². The Kier molecular flexibility index (Phi) is 9.69. The van der Waals surface area contributed by atoms with Gasteiger partial charge in [-0.15, -0.1) is 0 Å². The molecular weight excluding hydrogens is 509 g/mol.